The van der Waals surface area contributed by atoms with Crippen LogP contribution >= 0.6 is 31.9 Å². The lowest BCUT2D eigenvalue weighted by atomic mass is 10.1. The highest BCUT2D eigenvalue weighted by molar-refractivity contribution is 9.11. The lowest BCUT2D eigenvalue weighted by molar-refractivity contribution is 0.0740. The number of benzene rings is 1. The van der Waals surface area contributed by atoms with Crippen LogP contribution in [0.25, 0.3) is 0 Å². The van der Waals surface area contributed by atoms with Crippen molar-refractivity contribution in [2.75, 3.05) is 7.05 Å². The number of amides is 1. The molecule has 1 unspecified atom stereocenters. The van der Waals surface area contributed by atoms with Gasteiger partial charge in [0.2, 0.25) is 0 Å². The first-order chi connectivity index (χ1) is 7.45. The summed E-state index contributed by atoms with van der Waals surface area (Å²) < 4.78 is 1.81. The molecule has 0 aliphatic rings. The Kier molecular flexibility index (Phi) is 4.99. The molecule has 0 N–H and O–H groups in total. The molecule has 0 aromatic heterocycles. The van der Waals surface area contributed by atoms with E-state index in [-0.39, 0.29) is 11.9 Å². The van der Waals surface area contributed by atoms with Gasteiger partial charge in [0.1, 0.15) is 0 Å². The molecule has 0 heterocycles. The van der Waals surface area contributed by atoms with Gasteiger partial charge in [-0.25, -0.2) is 0 Å². The van der Waals surface area contributed by atoms with E-state index in [1.807, 2.05) is 32.2 Å². The first-order valence-corrected chi connectivity index (χ1v) is 6.77. The molecule has 0 spiro atoms. The molecule has 16 heavy (non-hydrogen) atoms. The van der Waals surface area contributed by atoms with E-state index in [2.05, 4.69) is 38.8 Å². The predicted molar refractivity (Wildman–Crippen MR) is 73.7 cm³/mol. The van der Waals surface area contributed by atoms with Crippen molar-refractivity contribution in [2.45, 2.75) is 26.3 Å². The van der Waals surface area contributed by atoms with Gasteiger partial charge in [0.25, 0.3) is 5.91 Å². The Bertz CT molecular complexity index is 372. The standard InChI is InChI=1S/C12H15Br2NO/c1-4-8(2)15(3)12(16)9-5-10(13)7-11(14)6-9/h5-8H,4H2,1-3H3. The third-order valence-electron chi connectivity index (χ3n) is 2.68. The molecule has 0 fully saturated rings. The number of halogens is 2. The summed E-state index contributed by atoms with van der Waals surface area (Å²) in [7, 11) is 1.84. The maximum absolute atomic E-state index is 12.1. The van der Waals surface area contributed by atoms with Crippen molar-refractivity contribution in [1.29, 1.82) is 0 Å². The molecule has 1 atom stereocenters. The van der Waals surface area contributed by atoms with Crippen molar-refractivity contribution in [3.05, 3.63) is 32.7 Å². The van der Waals surface area contributed by atoms with Gasteiger partial charge in [0, 0.05) is 27.6 Å². The van der Waals surface area contributed by atoms with E-state index in [0.717, 1.165) is 15.4 Å². The molecule has 1 aromatic rings. The summed E-state index contributed by atoms with van der Waals surface area (Å²) >= 11 is 6.77. The van der Waals surface area contributed by atoms with Crippen LogP contribution in [0.1, 0.15) is 30.6 Å². The summed E-state index contributed by atoms with van der Waals surface area (Å²) in [4.78, 5) is 13.9. The van der Waals surface area contributed by atoms with Gasteiger partial charge in [0.05, 0.1) is 0 Å². The fourth-order valence-corrected chi connectivity index (χ4v) is 2.65. The second-order valence-corrected chi connectivity index (χ2v) is 5.66. The molecule has 2 nitrogen and oxygen atoms in total. The fourth-order valence-electron chi connectivity index (χ4n) is 1.35. The quantitative estimate of drug-likeness (QED) is 0.805. The molecule has 0 aliphatic carbocycles. The normalized spacial score (nSPS) is 12.3. The molecular formula is C12H15Br2NO. The number of nitrogens with zero attached hydrogens (tertiary/aromatic N) is 1. The van der Waals surface area contributed by atoms with Crippen LogP contribution in [0.4, 0.5) is 0 Å². The summed E-state index contributed by atoms with van der Waals surface area (Å²) in [6.07, 6.45) is 0.956. The van der Waals surface area contributed by atoms with Crippen molar-refractivity contribution >= 4 is 37.8 Å². The lowest BCUT2D eigenvalue weighted by Crippen LogP contribution is -2.34. The molecule has 1 aromatic carbocycles. The zero-order valence-corrected chi connectivity index (χ0v) is 12.8. The van der Waals surface area contributed by atoms with Crippen LogP contribution in [0.5, 0.6) is 0 Å². The van der Waals surface area contributed by atoms with Crippen molar-refractivity contribution in [3.8, 4) is 0 Å². The average Bonchev–Trinajstić information content (AvgIpc) is 2.24. The smallest absolute Gasteiger partial charge is 0.253 e. The van der Waals surface area contributed by atoms with Gasteiger partial charge >= 0.3 is 0 Å². The zero-order chi connectivity index (χ0) is 12.3. The second-order valence-electron chi connectivity index (χ2n) is 3.83. The minimum absolute atomic E-state index is 0.0522. The highest BCUT2D eigenvalue weighted by Crippen LogP contribution is 2.21. The third-order valence-corrected chi connectivity index (χ3v) is 3.60. The fraction of sp³-hybridized carbons (Fsp3) is 0.417. The first kappa shape index (κ1) is 13.7. The Hall–Kier alpha value is -0.350. The van der Waals surface area contributed by atoms with E-state index >= 15 is 0 Å². The Balaban J connectivity index is 2.96. The summed E-state index contributed by atoms with van der Waals surface area (Å²) in [5.74, 6) is 0.0522. The van der Waals surface area contributed by atoms with E-state index in [9.17, 15) is 4.79 Å². The van der Waals surface area contributed by atoms with Gasteiger partial charge < -0.3 is 4.90 Å². The lowest BCUT2D eigenvalue weighted by Gasteiger charge is -2.24. The maximum atomic E-state index is 12.1. The van der Waals surface area contributed by atoms with Crippen LogP contribution in [0.3, 0.4) is 0 Å². The second kappa shape index (κ2) is 5.82. The third kappa shape index (κ3) is 3.32. The monoisotopic (exact) mass is 347 g/mol. The Morgan fingerprint density at radius 1 is 1.31 bits per heavy atom. The molecule has 0 saturated heterocycles. The van der Waals surface area contributed by atoms with E-state index < -0.39 is 0 Å². The molecule has 1 rings (SSSR count). The SMILES string of the molecule is CCC(C)N(C)C(=O)c1cc(Br)cc(Br)c1. The maximum Gasteiger partial charge on any atom is 0.253 e. The number of rotatable bonds is 3. The minimum Gasteiger partial charge on any atom is -0.339 e. The number of carbonyl (C=O) groups is 1. The summed E-state index contributed by atoms with van der Waals surface area (Å²) in [6, 6.07) is 5.85. The summed E-state index contributed by atoms with van der Waals surface area (Å²) in [5.41, 5.74) is 0.698. The molecule has 1 amide bonds. The number of hydrogen-bond acceptors (Lipinski definition) is 1. The van der Waals surface area contributed by atoms with Gasteiger partial charge in [-0.05, 0) is 31.5 Å². The molecule has 0 bridgehead atoms. The molecule has 0 aliphatic heterocycles. The Morgan fingerprint density at radius 3 is 2.25 bits per heavy atom. The van der Waals surface area contributed by atoms with Crippen LogP contribution in [0.2, 0.25) is 0 Å². The largest absolute Gasteiger partial charge is 0.339 e. The Labute approximate surface area is 113 Å². The molecule has 4 heteroatoms. The molecular weight excluding hydrogens is 334 g/mol. The van der Waals surface area contributed by atoms with Gasteiger partial charge in [-0.2, -0.15) is 0 Å². The highest BCUT2D eigenvalue weighted by atomic mass is 79.9. The average molecular weight is 349 g/mol. The summed E-state index contributed by atoms with van der Waals surface area (Å²) in [5, 5.41) is 0. The Morgan fingerprint density at radius 2 is 1.81 bits per heavy atom. The topological polar surface area (TPSA) is 20.3 Å². The van der Waals surface area contributed by atoms with E-state index in [4.69, 9.17) is 0 Å². The first-order valence-electron chi connectivity index (χ1n) is 5.19. The zero-order valence-electron chi connectivity index (χ0n) is 9.63. The van der Waals surface area contributed by atoms with Crippen molar-refractivity contribution < 1.29 is 4.79 Å². The van der Waals surface area contributed by atoms with Gasteiger partial charge in [0.15, 0.2) is 0 Å². The predicted octanol–water partition coefficient (Wildman–Crippen LogP) is 4.08. The molecule has 0 saturated carbocycles. The van der Waals surface area contributed by atoms with Crippen LogP contribution in [-0.2, 0) is 0 Å². The van der Waals surface area contributed by atoms with E-state index in [1.54, 1.807) is 4.90 Å². The van der Waals surface area contributed by atoms with Crippen LogP contribution < -0.4 is 0 Å². The highest BCUT2D eigenvalue weighted by Gasteiger charge is 2.16. The van der Waals surface area contributed by atoms with Crippen molar-refractivity contribution in [1.82, 2.24) is 4.90 Å². The van der Waals surface area contributed by atoms with E-state index in [0.29, 0.717) is 5.56 Å². The number of hydrogen-bond donors (Lipinski definition) is 0. The van der Waals surface area contributed by atoms with Gasteiger partial charge in [-0.3, -0.25) is 4.79 Å². The molecule has 0 radical (unpaired) electrons. The molecule has 88 valence electrons. The van der Waals surface area contributed by atoms with Crippen molar-refractivity contribution in [3.63, 3.8) is 0 Å². The van der Waals surface area contributed by atoms with Crippen LogP contribution in [0, 0.1) is 0 Å². The van der Waals surface area contributed by atoms with Gasteiger partial charge in [-0.1, -0.05) is 38.8 Å². The minimum atomic E-state index is 0.0522. The summed E-state index contributed by atoms with van der Waals surface area (Å²) in [6.45, 7) is 4.12. The van der Waals surface area contributed by atoms with E-state index in [1.165, 1.54) is 0 Å². The van der Waals surface area contributed by atoms with Crippen LogP contribution in [-0.4, -0.2) is 23.9 Å². The van der Waals surface area contributed by atoms with Gasteiger partial charge in [-0.15, -0.1) is 0 Å². The van der Waals surface area contributed by atoms with Crippen LogP contribution in [0.15, 0.2) is 27.1 Å². The van der Waals surface area contributed by atoms with Crippen molar-refractivity contribution in [2.24, 2.45) is 0 Å². The number of carbonyl (C=O) groups excluding carboxylic acids is 1.